The van der Waals surface area contributed by atoms with Gasteiger partial charge in [0.1, 0.15) is 0 Å². The summed E-state index contributed by atoms with van der Waals surface area (Å²) >= 11 is 0. The van der Waals surface area contributed by atoms with E-state index in [1.807, 2.05) is 0 Å². The van der Waals surface area contributed by atoms with Gasteiger partial charge in [0.15, 0.2) is 11.5 Å². The van der Waals surface area contributed by atoms with Crippen molar-refractivity contribution < 1.29 is 23.8 Å². The lowest BCUT2D eigenvalue weighted by molar-refractivity contribution is -0.137. The summed E-state index contributed by atoms with van der Waals surface area (Å²) < 4.78 is 17.1. The van der Waals surface area contributed by atoms with Crippen LogP contribution in [0.5, 0.6) is 17.2 Å². The number of esters is 2. The molecule has 0 unspecified atom stereocenters. The summed E-state index contributed by atoms with van der Waals surface area (Å²) in [5, 5.41) is 0. The maximum Gasteiger partial charge on any atom is 0.311 e. The van der Waals surface area contributed by atoms with Crippen molar-refractivity contribution in [1.82, 2.24) is 0 Å². The fraction of sp³-hybridized carbons (Fsp3) is 0.692. The predicted octanol–water partition coefficient (Wildman–Crippen LogP) is 7.11. The van der Waals surface area contributed by atoms with Gasteiger partial charge in [0.05, 0.1) is 6.61 Å². The first-order valence-electron chi connectivity index (χ1n) is 12.0. The number of para-hydroxylation sites is 1. The van der Waals surface area contributed by atoms with Crippen LogP contribution in [0.1, 0.15) is 98.8 Å². The van der Waals surface area contributed by atoms with Crippen molar-refractivity contribution in [2.75, 3.05) is 6.61 Å². The zero-order valence-corrected chi connectivity index (χ0v) is 20.2. The molecule has 0 fully saturated rings. The smallest absolute Gasteiger partial charge is 0.311 e. The molecule has 0 amide bonds. The lowest BCUT2D eigenvalue weighted by Gasteiger charge is -2.16. The summed E-state index contributed by atoms with van der Waals surface area (Å²) in [7, 11) is 0. The molecule has 1 aromatic carbocycles. The third-order valence-corrected chi connectivity index (χ3v) is 4.99. The van der Waals surface area contributed by atoms with Crippen molar-refractivity contribution >= 4 is 11.9 Å². The average Bonchev–Trinajstić information content (AvgIpc) is 2.72. The van der Waals surface area contributed by atoms with Gasteiger partial charge in [-0.25, -0.2) is 0 Å². The van der Waals surface area contributed by atoms with Crippen LogP contribution in [-0.2, 0) is 9.59 Å². The highest BCUT2D eigenvalue weighted by molar-refractivity contribution is 5.77. The lowest BCUT2D eigenvalue weighted by atomic mass is 10.1. The molecule has 1 rings (SSSR count). The molecule has 0 atom stereocenters. The Balaban J connectivity index is 2.81. The molecule has 0 N–H and O–H groups in total. The molecule has 0 aliphatic heterocycles. The van der Waals surface area contributed by atoms with Gasteiger partial charge < -0.3 is 14.2 Å². The van der Waals surface area contributed by atoms with Crippen LogP contribution in [0, 0.1) is 11.8 Å². The number of carbonyl (C=O) groups excluding carboxylic acids is 2. The first-order valence-corrected chi connectivity index (χ1v) is 12.0. The molecule has 176 valence electrons. The molecule has 0 spiro atoms. The summed E-state index contributed by atoms with van der Waals surface area (Å²) in [4.78, 5) is 24.6. The monoisotopic (exact) mass is 434 g/mol. The molecule has 1 aromatic rings. The lowest BCUT2D eigenvalue weighted by Crippen LogP contribution is -2.14. The van der Waals surface area contributed by atoms with E-state index in [9.17, 15) is 9.59 Å². The summed E-state index contributed by atoms with van der Waals surface area (Å²) in [5.41, 5.74) is 0. The van der Waals surface area contributed by atoms with Crippen molar-refractivity contribution in [3.05, 3.63) is 18.2 Å². The third-order valence-electron chi connectivity index (χ3n) is 4.99. The zero-order valence-electron chi connectivity index (χ0n) is 20.2. The van der Waals surface area contributed by atoms with Gasteiger partial charge in [0, 0.05) is 12.8 Å². The first kappa shape index (κ1) is 27.0. The van der Waals surface area contributed by atoms with E-state index in [2.05, 4.69) is 34.6 Å². The van der Waals surface area contributed by atoms with E-state index >= 15 is 0 Å². The summed E-state index contributed by atoms with van der Waals surface area (Å²) in [5.74, 6) is 1.03. The molecule has 0 saturated carbocycles. The number of unbranched alkanes of at least 4 members (excludes halogenated alkanes) is 5. The van der Waals surface area contributed by atoms with Crippen molar-refractivity contribution in [1.29, 1.82) is 0 Å². The maximum absolute atomic E-state index is 12.4. The summed E-state index contributed by atoms with van der Waals surface area (Å²) in [6.07, 6.45) is 9.09. The maximum atomic E-state index is 12.4. The Morgan fingerprint density at radius 2 is 1.32 bits per heavy atom. The van der Waals surface area contributed by atoms with E-state index in [0.717, 1.165) is 25.7 Å². The highest BCUT2D eigenvalue weighted by atomic mass is 16.6. The van der Waals surface area contributed by atoms with Crippen LogP contribution in [0.25, 0.3) is 0 Å². The van der Waals surface area contributed by atoms with E-state index in [-0.39, 0.29) is 23.4 Å². The Hall–Kier alpha value is -2.04. The highest BCUT2D eigenvalue weighted by Gasteiger charge is 2.19. The Labute approximate surface area is 188 Å². The molecule has 0 aliphatic carbocycles. The molecule has 0 radical (unpaired) electrons. The summed E-state index contributed by atoms with van der Waals surface area (Å²) in [6, 6.07) is 5.16. The van der Waals surface area contributed by atoms with E-state index < -0.39 is 0 Å². The molecule has 0 aliphatic rings. The number of ether oxygens (including phenoxy) is 3. The molecule has 0 heterocycles. The number of hydrogen-bond acceptors (Lipinski definition) is 5. The van der Waals surface area contributed by atoms with Gasteiger partial charge in [-0.1, -0.05) is 72.8 Å². The van der Waals surface area contributed by atoms with Gasteiger partial charge in [0.25, 0.3) is 0 Å². The Kier molecular flexibility index (Phi) is 13.7. The van der Waals surface area contributed by atoms with E-state index in [0.29, 0.717) is 37.0 Å². The Morgan fingerprint density at radius 1 is 0.774 bits per heavy atom. The normalized spacial score (nSPS) is 11.1. The van der Waals surface area contributed by atoms with Crippen molar-refractivity contribution in [2.45, 2.75) is 98.8 Å². The first-order chi connectivity index (χ1) is 14.8. The SMILES string of the molecule is CCCCCCCCOc1cccc(OC(=O)CCC(C)C)c1OC(=O)CCC(C)C. The van der Waals surface area contributed by atoms with Crippen LogP contribution < -0.4 is 14.2 Å². The minimum atomic E-state index is -0.344. The minimum Gasteiger partial charge on any atom is -0.490 e. The topological polar surface area (TPSA) is 61.8 Å². The number of carbonyl (C=O) groups is 2. The van der Waals surface area contributed by atoms with Crippen LogP contribution in [-0.4, -0.2) is 18.5 Å². The van der Waals surface area contributed by atoms with Gasteiger partial charge in [-0.15, -0.1) is 0 Å². The standard InChI is InChI=1S/C26H42O5/c1-6-7-8-9-10-11-19-29-22-13-12-14-23(30-24(27)17-15-20(2)3)26(22)31-25(28)18-16-21(4)5/h12-14,20-21H,6-11,15-19H2,1-5H3. The van der Waals surface area contributed by atoms with Gasteiger partial charge in [-0.05, 0) is 43.2 Å². The van der Waals surface area contributed by atoms with Gasteiger partial charge in [0.2, 0.25) is 5.75 Å². The van der Waals surface area contributed by atoms with Crippen molar-refractivity contribution in [3.63, 3.8) is 0 Å². The predicted molar refractivity (Wildman–Crippen MR) is 125 cm³/mol. The molecule has 0 bridgehead atoms. The van der Waals surface area contributed by atoms with Gasteiger partial charge in [-0.3, -0.25) is 9.59 Å². The number of hydrogen-bond donors (Lipinski definition) is 0. The second kappa shape index (κ2) is 15.7. The zero-order chi connectivity index (χ0) is 23.1. The molecular weight excluding hydrogens is 392 g/mol. The van der Waals surface area contributed by atoms with E-state index in [1.54, 1.807) is 18.2 Å². The van der Waals surface area contributed by atoms with Crippen LogP contribution >= 0.6 is 0 Å². The second-order valence-electron chi connectivity index (χ2n) is 9.01. The molecular formula is C26H42O5. The second-order valence-corrected chi connectivity index (χ2v) is 9.01. The third kappa shape index (κ3) is 12.4. The molecule has 5 heteroatoms. The van der Waals surface area contributed by atoms with Gasteiger partial charge in [-0.2, -0.15) is 0 Å². The van der Waals surface area contributed by atoms with Crippen LogP contribution in [0.3, 0.4) is 0 Å². The van der Waals surface area contributed by atoms with Crippen molar-refractivity contribution in [2.24, 2.45) is 11.8 Å². The van der Waals surface area contributed by atoms with Crippen LogP contribution in [0.15, 0.2) is 18.2 Å². The van der Waals surface area contributed by atoms with E-state index in [4.69, 9.17) is 14.2 Å². The quantitative estimate of drug-likeness (QED) is 0.158. The molecule has 0 aromatic heterocycles. The molecule has 5 nitrogen and oxygen atoms in total. The van der Waals surface area contributed by atoms with Crippen LogP contribution in [0.4, 0.5) is 0 Å². The minimum absolute atomic E-state index is 0.208. The number of benzene rings is 1. The van der Waals surface area contributed by atoms with Crippen LogP contribution in [0.2, 0.25) is 0 Å². The highest BCUT2D eigenvalue weighted by Crippen LogP contribution is 2.38. The Morgan fingerprint density at radius 3 is 1.94 bits per heavy atom. The molecule has 0 saturated heterocycles. The van der Waals surface area contributed by atoms with E-state index in [1.165, 1.54) is 25.7 Å². The largest absolute Gasteiger partial charge is 0.490 e. The van der Waals surface area contributed by atoms with Crippen molar-refractivity contribution in [3.8, 4) is 17.2 Å². The number of rotatable bonds is 16. The Bertz CT molecular complexity index is 651. The fourth-order valence-corrected chi connectivity index (χ4v) is 3.01. The molecule has 31 heavy (non-hydrogen) atoms. The summed E-state index contributed by atoms with van der Waals surface area (Å²) in [6.45, 7) is 11.0. The van der Waals surface area contributed by atoms with Gasteiger partial charge >= 0.3 is 11.9 Å². The fourth-order valence-electron chi connectivity index (χ4n) is 3.01. The average molecular weight is 435 g/mol.